The van der Waals surface area contributed by atoms with Crippen LogP contribution >= 0.6 is 0 Å². The van der Waals surface area contributed by atoms with Gasteiger partial charge in [-0.3, -0.25) is 15.0 Å². The third-order valence-corrected chi connectivity index (χ3v) is 5.83. The van der Waals surface area contributed by atoms with Crippen LogP contribution in [0.4, 0.5) is 4.39 Å². The highest BCUT2D eigenvalue weighted by Gasteiger charge is 2.49. The SMILES string of the molecule is N=C(N)c1ccc(OCCCCC(Cc2ccccc2F)(C(=O)O)N2CCNC(=O)C2=O)cc1. The Hall–Kier alpha value is -3.95. The number of amidine groups is 1. The highest BCUT2D eigenvalue weighted by Crippen LogP contribution is 2.30. The minimum atomic E-state index is -1.78. The summed E-state index contributed by atoms with van der Waals surface area (Å²) in [6, 6.07) is 12.5. The van der Waals surface area contributed by atoms with Gasteiger partial charge in [-0.15, -0.1) is 0 Å². The van der Waals surface area contributed by atoms with Crippen molar-refractivity contribution in [3.8, 4) is 5.75 Å². The average molecular weight is 471 g/mol. The fraction of sp³-hybridized carbons (Fsp3) is 0.333. The molecule has 0 saturated carbocycles. The van der Waals surface area contributed by atoms with Gasteiger partial charge in [0, 0.05) is 25.1 Å². The molecule has 1 saturated heterocycles. The minimum absolute atomic E-state index is 0.0162. The van der Waals surface area contributed by atoms with Crippen molar-refractivity contribution in [2.75, 3.05) is 19.7 Å². The molecule has 0 aliphatic carbocycles. The normalized spacial score (nSPS) is 15.4. The first-order valence-corrected chi connectivity index (χ1v) is 10.9. The van der Waals surface area contributed by atoms with Crippen molar-refractivity contribution in [1.82, 2.24) is 10.2 Å². The van der Waals surface area contributed by atoms with Crippen molar-refractivity contribution in [3.05, 3.63) is 65.5 Å². The smallest absolute Gasteiger partial charge is 0.329 e. The molecular weight excluding hydrogens is 443 g/mol. The molecule has 5 N–H and O–H groups in total. The molecule has 34 heavy (non-hydrogen) atoms. The van der Waals surface area contributed by atoms with E-state index in [9.17, 15) is 23.9 Å². The van der Waals surface area contributed by atoms with Gasteiger partial charge in [0.05, 0.1) is 6.61 Å². The monoisotopic (exact) mass is 470 g/mol. The lowest BCUT2D eigenvalue weighted by Gasteiger charge is -2.42. The molecule has 2 aromatic carbocycles. The first-order chi connectivity index (χ1) is 16.2. The van der Waals surface area contributed by atoms with E-state index in [1.165, 1.54) is 18.2 Å². The van der Waals surface area contributed by atoms with E-state index >= 15 is 0 Å². The number of nitrogen functional groups attached to an aromatic ring is 1. The summed E-state index contributed by atoms with van der Waals surface area (Å²) in [7, 11) is 0. The highest BCUT2D eigenvalue weighted by molar-refractivity contribution is 6.36. The lowest BCUT2D eigenvalue weighted by molar-refractivity contribution is -0.165. The van der Waals surface area contributed by atoms with Crippen LogP contribution in [0.5, 0.6) is 5.75 Å². The number of benzene rings is 2. The maximum absolute atomic E-state index is 14.4. The van der Waals surface area contributed by atoms with E-state index in [0.717, 1.165) is 4.90 Å². The first kappa shape index (κ1) is 24.7. The summed E-state index contributed by atoms with van der Waals surface area (Å²) >= 11 is 0. The number of unbranched alkanes of at least 4 members (excludes halogenated alkanes) is 1. The van der Waals surface area contributed by atoms with Crippen molar-refractivity contribution in [1.29, 1.82) is 5.41 Å². The Morgan fingerprint density at radius 2 is 1.88 bits per heavy atom. The fourth-order valence-electron chi connectivity index (χ4n) is 4.00. The molecule has 0 spiro atoms. The summed E-state index contributed by atoms with van der Waals surface area (Å²) in [5.41, 5.74) is 4.38. The van der Waals surface area contributed by atoms with Gasteiger partial charge in [-0.05, 0) is 55.2 Å². The minimum Gasteiger partial charge on any atom is -0.494 e. The zero-order valence-corrected chi connectivity index (χ0v) is 18.6. The molecule has 0 bridgehead atoms. The number of hydrogen-bond donors (Lipinski definition) is 4. The summed E-state index contributed by atoms with van der Waals surface area (Å²) in [5, 5.41) is 20.1. The van der Waals surface area contributed by atoms with E-state index in [1.54, 1.807) is 30.3 Å². The van der Waals surface area contributed by atoms with Gasteiger partial charge < -0.3 is 25.8 Å². The van der Waals surface area contributed by atoms with Crippen molar-refractivity contribution >= 4 is 23.6 Å². The number of hydrogen-bond acceptors (Lipinski definition) is 5. The number of amides is 2. The van der Waals surface area contributed by atoms with Crippen LogP contribution in [0.1, 0.15) is 30.4 Å². The topological polar surface area (TPSA) is 146 Å². The fourth-order valence-corrected chi connectivity index (χ4v) is 4.00. The summed E-state index contributed by atoms with van der Waals surface area (Å²) < 4.78 is 20.1. The van der Waals surface area contributed by atoms with Crippen LogP contribution in [0, 0.1) is 11.2 Å². The predicted octanol–water partition coefficient (Wildman–Crippen LogP) is 1.68. The molecule has 1 unspecified atom stereocenters. The molecule has 1 aliphatic heterocycles. The Bertz CT molecular complexity index is 1080. The van der Waals surface area contributed by atoms with Gasteiger partial charge in [0.1, 0.15) is 22.9 Å². The zero-order valence-electron chi connectivity index (χ0n) is 18.6. The Labute approximate surface area is 196 Å². The number of carboxylic acids is 1. The first-order valence-electron chi connectivity index (χ1n) is 10.9. The number of rotatable bonds is 11. The second kappa shape index (κ2) is 10.8. The van der Waals surface area contributed by atoms with E-state index in [-0.39, 0.29) is 43.9 Å². The van der Waals surface area contributed by atoms with Gasteiger partial charge in [-0.1, -0.05) is 18.2 Å². The quantitative estimate of drug-likeness (QED) is 0.170. The Morgan fingerprint density at radius 1 is 1.18 bits per heavy atom. The number of carbonyl (C=O) groups is 3. The van der Waals surface area contributed by atoms with E-state index in [0.29, 0.717) is 24.2 Å². The molecule has 2 aromatic rings. The molecular formula is C24H27FN4O5. The zero-order chi connectivity index (χ0) is 24.7. The third kappa shape index (κ3) is 5.51. The van der Waals surface area contributed by atoms with Crippen LogP contribution in [0.15, 0.2) is 48.5 Å². The lowest BCUT2D eigenvalue weighted by Crippen LogP contribution is -2.65. The van der Waals surface area contributed by atoms with Crippen LogP contribution in [0.3, 0.4) is 0 Å². The predicted molar refractivity (Wildman–Crippen MR) is 122 cm³/mol. The molecule has 1 atom stereocenters. The van der Waals surface area contributed by atoms with Gasteiger partial charge in [0.15, 0.2) is 0 Å². The summed E-state index contributed by atoms with van der Waals surface area (Å²) in [6.45, 7) is 0.420. The third-order valence-electron chi connectivity index (χ3n) is 5.83. The molecule has 1 aliphatic rings. The Kier molecular flexibility index (Phi) is 7.83. The average Bonchev–Trinajstić information content (AvgIpc) is 2.81. The van der Waals surface area contributed by atoms with E-state index in [2.05, 4.69) is 5.32 Å². The lowest BCUT2D eigenvalue weighted by atomic mass is 9.83. The number of aliphatic carboxylic acids is 1. The second-order valence-electron chi connectivity index (χ2n) is 8.06. The number of ether oxygens (including phenoxy) is 1. The van der Waals surface area contributed by atoms with Crippen LogP contribution in [0.25, 0.3) is 0 Å². The number of carboxylic acid groups (broad SMARTS) is 1. The standard InChI is InChI=1S/C24H27FN4O5/c25-19-6-2-1-5-17(19)15-24(23(32)33,29-13-12-28-21(30)22(29)31)11-3-4-14-34-18-9-7-16(8-10-18)20(26)27/h1-2,5-10H,3-4,11-15H2,(H3,26,27)(H,28,30)(H,32,33). The molecule has 0 aromatic heterocycles. The van der Waals surface area contributed by atoms with Crippen LogP contribution < -0.4 is 15.8 Å². The number of nitrogens with two attached hydrogens (primary N) is 1. The molecule has 9 nitrogen and oxygen atoms in total. The molecule has 1 fully saturated rings. The summed E-state index contributed by atoms with van der Waals surface area (Å²) in [6.07, 6.45) is 0.580. The summed E-state index contributed by atoms with van der Waals surface area (Å²) in [4.78, 5) is 38.2. The van der Waals surface area contributed by atoms with E-state index < -0.39 is 29.1 Å². The Balaban J connectivity index is 1.73. The number of nitrogens with zero attached hydrogens (tertiary/aromatic N) is 1. The number of nitrogens with one attached hydrogen (secondary N) is 2. The molecule has 180 valence electrons. The second-order valence-corrected chi connectivity index (χ2v) is 8.06. The number of halogens is 1. The number of piperazine rings is 1. The summed E-state index contributed by atoms with van der Waals surface area (Å²) in [5.74, 6) is -3.15. The largest absolute Gasteiger partial charge is 0.494 e. The molecule has 0 radical (unpaired) electrons. The van der Waals surface area contributed by atoms with Crippen molar-refractivity contribution < 1.29 is 28.6 Å². The molecule has 2 amide bonds. The van der Waals surface area contributed by atoms with E-state index in [1.807, 2.05) is 0 Å². The molecule has 1 heterocycles. The van der Waals surface area contributed by atoms with Gasteiger partial charge in [0.2, 0.25) is 0 Å². The molecule has 3 rings (SSSR count). The number of carbonyl (C=O) groups excluding carboxylic acids is 2. The van der Waals surface area contributed by atoms with Gasteiger partial charge in [-0.2, -0.15) is 0 Å². The van der Waals surface area contributed by atoms with Crippen molar-refractivity contribution in [3.63, 3.8) is 0 Å². The van der Waals surface area contributed by atoms with Crippen LogP contribution in [-0.4, -0.2) is 58.9 Å². The van der Waals surface area contributed by atoms with Crippen molar-refractivity contribution in [2.45, 2.75) is 31.2 Å². The van der Waals surface area contributed by atoms with Crippen molar-refractivity contribution in [2.24, 2.45) is 5.73 Å². The highest BCUT2D eigenvalue weighted by atomic mass is 19.1. The maximum atomic E-state index is 14.4. The maximum Gasteiger partial charge on any atom is 0.329 e. The van der Waals surface area contributed by atoms with Gasteiger partial charge in [0.25, 0.3) is 0 Å². The van der Waals surface area contributed by atoms with Gasteiger partial charge >= 0.3 is 17.8 Å². The Morgan fingerprint density at radius 3 is 2.53 bits per heavy atom. The van der Waals surface area contributed by atoms with Gasteiger partial charge in [-0.25, -0.2) is 9.18 Å². The molecule has 10 heteroatoms. The van der Waals surface area contributed by atoms with E-state index in [4.69, 9.17) is 15.9 Å². The van der Waals surface area contributed by atoms with Crippen LogP contribution in [-0.2, 0) is 20.8 Å². The van der Waals surface area contributed by atoms with Crippen LogP contribution in [0.2, 0.25) is 0 Å².